The van der Waals surface area contributed by atoms with Gasteiger partial charge in [-0.25, -0.2) is 0 Å². The minimum Gasteiger partial charge on any atom is -0.278 e. The molecule has 3 heteroatoms. The molecule has 0 fully saturated rings. The third kappa shape index (κ3) is 1.42. The monoisotopic (exact) mass is 144 g/mol. The zero-order valence-corrected chi connectivity index (χ0v) is 6.46. The van der Waals surface area contributed by atoms with E-state index < -0.39 is 0 Å². The Morgan fingerprint density at radius 2 is 2.36 bits per heavy atom. The second-order valence-corrected chi connectivity index (χ2v) is 2.13. The molecule has 1 rings (SSSR count). The van der Waals surface area contributed by atoms with Crippen LogP contribution in [0.2, 0.25) is 0 Å². The smallest absolute Gasteiger partial charge is 0.145 e. The lowest BCUT2D eigenvalue weighted by molar-refractivity contribution is 1.08. The minimum atomic E-state index is 0.528. The van der Waals surface area contributed by atoms with E-state index in [2.05, 4.69) is 16.8 Å². The zero-order valence-electron chi connectivity index (χ0n) is 6.46. The fourth-order valence-corrected chi connectivity index (χ4v) is 0.927. The molecule has 0 saturated carbocycles. The highest BCUT2D eigenvalue weighted by molar-refractivity contribution is 6.30. The standard InChI is InChI=1S/C8H9BN2/c1-3-5-7-6(4-2)8(9)11-10-7/h3-5,10H,1H2,2H3/b6-4+,7-5+. The maximum Gasteiger partial charge on any atom is 0.145 e. The molecule has 2 radical (unpaired) electrons. The SMILES string of the molecule is [B]c1n[nH]c(=C/C=C)/c1=C\C. The molecule has 0 amide bonds. The Morgan fingerprint density at radius 1 is 1.64 bits per heavy atom. The highest BCUT2D eigenvalue weighted by atomic mass is 15.1. The van der Waals surface area contributed by atoms with Crippen LogP contribution in [0.3, 0.4) is 0 Å². The van der Waals surface area contributed by atoms with Crippen molar-refractivity contribution in [3.05, 3.63) is 23.2 Å². The third-order valence-electron chi connectivity index (χ3n) is 1.44. The van der Waals surface area contributed by atoms with E-state index in [9.17, 15) is 0 Å². The maximum absolute atomic E-state index is 5.55. The van der Waals surface area contributed by atoms with Gasteiger partial charge in [-0.15, -0.1) is 0 Å². The first kappa shape index (κ1) is 7.86. The number of aromatic nitrogens is 2. The van der Waals surface area contributed by atoms with Crippen molar-refractivity contribution in [2.24, 2.45) is 0 Å². The molecule has 1 aromatic heterocycles. The second-order valence-electron chi connectivity index (χ2n) is 2.13. The number of rotatable bonds is 1. The summed E-state index contributed by atoms with van der Waals surface area (Å²) in [6, 6.07) is 0. The van der Waals surface area contributed by atoms with Gasteiger partial charge < -0.3 is 0 Å². The fraction of sp³-hybridized carbons (Fsp3) is 0.125. The Morgan fingerprint density at radius 3 is 2.91 bits per heavy atom. The summed E-state index contributed by atoms with van der Waals surface area (Å²) in [5, 5.41) is 8.48. The van der Waals surface area contributed by atoms with Gasteiger partial charge in [-0.3, -0.25) is 5.10 Å². The lowest BCUT2D eigenvalue weighted by Crippen LogP contribution is -2.33. The normalized spacial score (nSPS) is 13.9. The van der Waals surface area contributed by atoms with Crippen molar-refractivity contribution < 1.29 is 0 Å². The predicted octanol–water partition coefficient (Wildman–Crippen LogP) is -1.03. The molecular formula is C8H9BN2. The third-order valence-corrected chi connectivity index (χ3v) is 1.44. The zero-order chi connectivity index (χ0) is 8.27. The van der Waals surface area contributed by atoms with Gasteiger partial charge >= 0.3 is 0 Å². The maximum atomic E-state index is 5.55. The van der Waals surface area contributed by atoms with E-state index in [1.807, 2.05) is 19.1 Å². The molecule has 54 valence electrons. The molecule has 0 aliphatic rings. The largest absolute Gasteiger partial charge is 0.278 e. The van der Waals surface area contributed by atoms with Crippen LogP contribution in [0.15, 0.2) is 12.7 Å². The number of hydrogen-bond donors (Lipinski definition) is 1. The van der Waals surface area contributed by atoms with E-state index in [0.717, 1.165) is 10.6 Å². The number of allylic oxidation sites excluding steroid dienone is 1. The highest BCUT2D eigenvalue weighted by Crippen LogP contribution is 1.61. The van der Waals surface area contributed by atoms with Crippen LogP contribution in [0.5, 0.6) is 0 Å². The molecule has 0 aliphatic carbocycles. The van der Waals surface area contributed by atoms with Gasteiger partial charge in [0.05, 0.1) is 5.35 Å². The number of aromatic amines is 1. The number of hydrogen-bond acceptors (Lipinski definition) is 1. The van der Waals surface area contributed by atoms with Crippen molar-refractivity contribution in [2.45, 2.75) is 6.92 Å². The Kier molecular flexibility index (Phi) is 2.31. The Hall–Kier alpha value is -1.25. The van der Waals surface area contributed by atoms with Gasteiger partial charge in [0.2, 0.25) is 0 Å². The summed E-state index contributed by atoms with van der Waals surface area (Å²) in [6.07, 6.45) is 5.44. The van der Waals surface area contributed by atoms with Crippen molar-refractivity contribution in [2.75, 3.05) is 0 Å². The summed E-state index contributed by atoms with van der Waals surface area (Å²) in [5.74, 6) is 0. The first-order chi connectivity index (χ1) is 5.29. The van der Waals surface area contributed by atoms with Crippen LogP contribution in [-0.4, -0.2) is 18.0 Å². The highest BCUT2D eigenvalue weighted by Gasteiger charge is 1.90. The molecule has 1 aromatic rings. The first-order valence-corrected chi connectivity index (χ1v) is 3.38. The van der Waals surface area contributed by atoms with Crippen LogP contribution in [0, 0.1) is 0 Å². The lowest BCUT2D eigenvalue weighted by Gasteiger charge is -1.76. The molecule has 11 heavy (non-hydrogen) atoms. The molecule has 2 nitrogen and oxygen atoms in total. The molecule has 1 N–H and O–H groups in total. The summed E-state index contributed by atoms with van der Waals surface area (Å²) in [5.41, 5.74) is 0.528. The fourth-order valence-electron chi connectivity index (χ4n) is 0.927. The molecule has 0 aliphatic heterocycles. The number of H-pyrrole nitrogens is 1. The van der Waals surface area contributed by atoms with Gasteiger partial charge in [-0.1, -0.05) is 18.7 Å². The van der Waals surface area contributed by atoms with Gasteiger partial charge in [-0.2, -0.15) is 5.10 Å². The molecule has 0 atom stereocenters. The number of nitrogens with zero attached hydrogens (tertiary/aromatic N) is 1. The average molecular weight is 144 g/mol. The minimum absolute atomic E-state index is 0.528. The van der Waals surface area contributed by atoms with E-state index in [1.165, 1.54) is 0 Å². The lowest BCUT2D eigenvalue weighted by atomic mass is 10.0. The second kappa shape index (κ2) is 3.24. The first-order valence-electron chi connectivity index (χ1n) is 3.38. The molecular weight excluding hydrogens is 135 g/mol. The van der Waals surface area contributed by atoms with Gasteiger partial charge in [0.15, 0.2) is 0 Å². The van der Waals surface area contributed by atoms with E-state index in [-0.39, 0.29) is 0 Å². The van der Waals surface area contributed by atoms with Gasteiger partial charge in [0.25, 0.3) is 0 Å². The summed E-state index contributed by atoms with van der Waals surface area (Å²) < 4.78 is 0. The van der Waals surface area contributed by atoms with Crippen LogP contribution >= 0.6 is 0 Å². The summed E-state index contributed by atoms with van der Waals surface area (Å²) in [7, 11) is 5.55. The van der Waals surface area contributed by atoms with Crippen LogP contribution in [0.1, 0.15) is 6.92 Å². The van der Waals surface area contributed by atoms with Crippen LogP contribution in [-0.2, 0) is 0 Å². The Balaban J connectivity index is 3.52. The van der Waals surface area contributed by atoms with Crippen molar-refractivity contribution in [3.8, 4) is 0 Å². The molecule has 0 aromatic carbocycles. The van der Waals surface area contributed by atoms with Crippen molar-refractivity contribution in [3.63, 3.8) is 0 Å². The summed E-state index contributed by atoms with van der Waals surface area (Å²) in [6.45, 7) is 5.50. The number of nitrogens with one attached hydrogen (secondary N) is 1. The summed E-state index contributed by atoms with van der Waals surface area (Å²) >= 11 is 0. The van der Waals surface area contributed by atoms with E-state index in [0.29, 0.717) is 5.59 Å². The van der Waals surface area contributed by atoms with Crippen molar-refractivity contribution in [1.29, 1.82) is 0 Å². The van der Waals surface area contributed by atoms with Gasteiger partial charge in [0, 0.05) is 10.8 Å². The Bertz CT molecular complexity index is 362. The molecule has 0 spiro atoms. The van der Waals surface area contributed by atoms with E-state index in [4.69, 9.17) is 7.85 Å². The van der Waals surface area contributed by atoms with E-state index >= 15 is 0 Å². The molecule has 1 heterocycles. The molecule has 0 bridgehead atoms. The topological polar surface area (TPSA) is 28.7 Å². The van der Waals surface area contributed by atoms with E-state index in [1.54, 1.807) is 6.08 Å². The quantitative estimate of drug-likeness (QED) is 0.501. The van der Waals surface area contributed by atoms with Crippen LogP contribution < -0.4 is 16.2 Å². The van der Waals surface area contributed by atoms with Crippen LogP contribution in [0.4, 0.5) is 0 Å². The average Bonchev–Trinajstić information content (AvgIpc) is 2.33. The van der Waals surface area contributed by atoms with Crippen molar-refractivity contribution in [1.82, 2.24) is 10.2 Å². The molecule has 0 saturated heterocycles. The van der Waals surface area contributed by atoms with Gasteiger partial charge in [0.1, 0.15) is 7.85 Å². The van der Waals surface area contributed by atoms with Gasteiger partial charge in [-0.05, 0) is 13.0 Å². The van der Waals surface area contributed by atoms with Crippen LogP contribution in [0.25, 0.3) is 12.2 Å². The predicted molar refractivity (Wildman–Crippen MR) is 48.0 cm³/mol. The summed E-state index contributed by atoms with van der Waals surface area (Å²) in [4.78, 5) is 0. The molecule has 0 unspecified atom stereocenters. The Labute approximate surface area is 66.7 Å². The van der Waals surface area contributed by atoms with Crippen molar-refractivity contribution >= 4 is 25.6 Å².